The number of hydrogen-bond acceptors (Lipinski definition) is 6. The SMILES string of the molecule is COc1ccc(OC)c(/C=C2/SC(=S)N(NC(=O)c3ccccc3Br)C2=O)c1. The fourth-order valence-electron chi connectivity index (χ4n) is 2.46. The van der Waals surface area contributed by atoms with Crippen LogP contribution in [0.1, 0.15) is 15.9 Å². The number of amides is 2. The Morgan fingerprint density at radius 1 is 1.21 bits per heavy atom. The lowest BCUT2D eigenvalue weighted by Gasteiger charge is -2.16. The summed E-state index contributed by atoms with van der Waals surface area (Å²) in [6.45, 7) is 0. The second kappa shape index (κ2) is 8.76. The Bertz CT molecular complexity index is 994. The van der Waals surface area contributed by atoms with Gasteiger partial charge in [-0.05, 0) is 64.6 Å². The minimum absolute atomic E-state index is 0.235. The van der Waals surface area contributed by atoms with Gasteiger partial charge in [-0.25, -0.2) is 0 Å². The van der Waals surface area contributed by atoms with E-state index in [1.165, 1.54) is 0 Å². The van der Waals surface area contributed by atoms with Gasteiger partial charge in [0.15, 0.2) is 4.32 Å². The minimum atomic E-state index is -0.441. The number of nitrogens with one attached hydrogen (secondary N) is 1. The average Bonchev–Trinajstić information content (AvgIpc) is 2.95. The van der Waals surface area contributed by atoms with Crippen LogP contribution in [0.5, 0.6) is 11.5 Å². The van der Waals surface area contributed by atoms with Crippen LogP contribution in [-0.4, -0.2) is 35.4 Å². The third kappa shape index (κ3) is 4.21. The zero-order valence-corrected chi connectivity index (χ0v) is 18.1. The molecule has 144 valence electrons. The highest BCUT2D eigenvalue weighted by atomic mass is 79.9. The number of methoxy groups -OCH3 is 2. The van der Waals surface area contributed by atoms with Crippen LogP contribution in [0.3, 0.4) is 0 Å². The van der Waals surface area contributed by atoms with Crippen molar-refractivity contribution in [3.8, 4) is 11.5 Å². The van der Waals surface area contributed by atoms with Gasteiger partial charge in [-0.1, -0.05) is 23.9 Å². The Hall–Kier alpha value is -2.36. The van der Waals surface area contributed by atoms with Crippen molar-refractivity contribution in [2.75, 3.05) is 14.2 Å². The summed E-state index contributed by atoms with van der Waals surface area (Å²) in [5.74, 6) is 0.359. The number of benzene rings is 2. The van der Waals surface area contributed by atoms with E-state index in [4.69, 9.17) is 21.7 Å². The second-order valence-corrected chi connectivity index (χ2v) is 8.08. The lowest BCUT2D eigenvalue weighted by molar-refractivity contribution is -0.123. The summed E-state index contributed by atoms with van der Waals surface area (Å²) in [5.41, 5.74) is 3.62. The summed E-state index contributed by atoms with van der Waals surface area (Å²) in [6.07, 6.45) is 1.66. The van der Waals surface area contributed by atoms with Gasteiger partial charge < -0.3 is 9.47 Å². The maximum atomic E-state index is 12.8. The summed E-state index contributed by atoms with van der Waals surface area (Å²) >= 11 is 9.69. The molecule has 0 saturated carbocycles. The van der Waals surface area contributed by atoms with Crippen LogP contribution in [0.15, 0.2) is 51.8 Å². The van der Waals surface area contributed by atoms with Crippen LogP contribution in [0.2, 0.25) is 0 Å². The molecule has 0 unspecified atom stereocenters. The number of rotatable bonds is 5. The van der Waals surface area contributed by atoms with Crippen LogP contribution >= 0.6 is 39.9 Å². The van der Waals surface area contributed by atoms with Gasteiger partial charge in [0.25, 0.3) is 11.8 Å². The summed E-state index contributed by atoms with van der Waals surface area (Å²) in [7, 11) is 3.10. The molecule has 2 aromatic carbocycles. The number of halogens is 1. The Morgan fingerprint density at radius 3 is 2.64 bits per heavy atom. The number of carbonyl (C=O) groups excluding carboxylic acids is 2. The topological polar surface area (TPSA) is 67.9 Å². The summed E-state index contributed by atoms with van der Waals surface area (Å²) in [4.78, 5) is 25.6. The van der Waals surface area contributed by atoms with E-state index in [1.807, 2.05) is 0 Å². The van der Waals surface area contributed by atoms with Crippen LogP contribution in [0, 0.1) is 0 Å². The van der Waals surface area contributed by atoms with Gasteiger partial charge in [0.2, 0.25) is 0 Å². The summed E-state index contributed by atoms with van der Waals surface area (Å²) in [5, 5.41) is 1.07. The molecule has 28 heavy (non-hydrogen) atoms. The third-order valence-electron chi connectivity index (χ3n) is 3.85. The molecule has 1 heterocycles. The summed E-state index contributed by atoms with van der Waals surface area (Å²) < 4.78 is 11.4. The number of carbonyl (C=O) groups is 2. The molecule has 0 radical (unpaired) electrons. The first-order valence-corrected chi connectivity index (χ1v) is 10.0. The Kier molecular flexibility index (Phi) is 6.38. The van der Waals surface area contributed by atoms with Crippen molar-refractivity contribution < 1.29 is 19.1 Å². The van der Waals surface area contributed by atoms with E-state index in [2.05, 4.69) is 21.4 Å². The molecule has 0 aromatic heterocycles. The highest BCUT2D eigenvalue weighted by Crippen LogP contribution is 2.34. The molecular formula is C19H15BrN2O4S2. The zero-order chi connectivity index (χ0) is 20.3. The van der Waals surface area contributed by atoms with Gasteiger partial charge in [0, 0.05) is 10.0 Å². The molecule has 1 aliphatic heterocycles. The normalized spacial score (nSPS) is 15.1. The molecule has 9 heteroatoms. The van der Waals surface area contributed by atoms with Crippen molar-refractivity contribution in [3.63, 3.8) is 0 Å². The molecule has 2 aromatic rings. The molecule has 1 saturated heterocycles. The molecule has 0 atom stereocenters. The third-order valence-corrected chi connectivity index (χ3v) is 5.84. The molecule has 6 nitrogen and oxygen atoms in total. The van der Waals surface area contributed by atoms with E-state index < -0.39 is 11.8 Å². The number of thioether (sulfide) groups is 1. The Labute approximate surface area is 180 Å². The van der Waals surface area contributed by atoms with Crippen molar-refractivity contribution in [1.29, 1.82) is 0 Å². The van der Waals surface area contributed by atoms with E-state index in [9.17, 15) is 9.59 Å². The molecular weight excluding hydrogens is 464 g/mol. The molecule has 3 rings (SSSR count). The highest BCUT2D eigenvalue weighted by Gasteiger charge is 2.34. The number of ether oxygens (including phenoxy) is 2. The quantitative estimate of drug-likeness (QED) is 0.517. The zero-order valence-electron chi connectivity index (χ0n) is 14.9. The van der Waals surface area contributed by atoms with Gasteiger partial charge in [0.05, 0.1) is 24.7 Å². The fraction of sp³-hybridized carbons (Fsp3) is 0.105. The maximum absolute atomic E-state index is 12.8. The van der Waals surface area contributed by atoms with Gasteiger partial charge >= 0.3 is 0 Å². The number of hydrazine groups is 1. The first kappa shape index (κ1) is 20.4. The van der Waals surface area contributed by atoms with E-state index in [1.54, 1.807) is 62.8 Å². The average molecular weight is 479 g/mol. The maximum Gasteiger partial charge on any atom is 0.285 e. The van der Waals surface area contributed by atoms with Gasteiger partial charge in [-0.2, -0.15) is 5.01 Å². The van der Waals surface area contributed by atoms with E-state index in [0.29, 0.717) is 32.0 Å². The van der Waals surface area contributed by atoms with Crippen molar-refractivity contribution in [2.24, 2.45) is 0 Å². The standard InChI is InChI=1S/C19H15BrN2O4S2/c1-25-12-7-8-15(26-2)11(9-12)10-16-18(24)22(19(27)28-16)21-17(23)13-5-3-4-6-14(13)20/h3-10H,1-2H3,(H,21,23)/b16-10+. The largest absolute Gasteiger partial charge is 0.497 e. The fourth-order valence-corrected chi connectivity index (χ4v) is 4.10. The molecule has 1 aliphatic rings. The number of hydrogen-bond donors (Lipinski definition) is 1. The predicted molar refractivity (Wildman–Crippen MR) is 116 cm³/mol. The van der Waals surface area contributed by atoms with Crippen molar-refractivity contribution in [1.82, 2.24) is 10.4 Å². The van der Waals surface area contributed by atoms with Crippen LogP contribution in [0.25, 0.3) is 6.08 Å². The lowest BCUT2D eigenvalue weighted by atomic mass is 10.1. The van der Waals surface area contributed by atoms with Gasteiger partial charge in [-0.15, -0.1) is 0 Å². The molecule has 0 aliphatic carbocycles. The number of nitrogens with zero attached hydrogens (tertiary/aromatic N) is 1. The second-order valence-electron chi connectivity index (χ2n) is 5.55. The smallest absolute Gasteiger partial charge is 0.285 e. The van der Waals surface area contributed by atoms with Gasteiger partial charge in [0.1, 0.15) is 11.5 Å². The monoisotopic (exact) mass is 478 g/mol. The highest BCUT2D eigenvalue weighted by molar-refractivity contribution is 9.10. The van der Waals surface area contributed by atoms with Crippen molar-refractivity contribution in [3.05, 3.63) is 63.0 Å². The molecule has 1 fully saturated rings. The number of thiocarbonyl (C=S) groups is 1. The van der Waals surface area contributed by atoms with Gasteiger partial charge in [-0.3, -0.25) is 15.0 Å². The van der Waals surface area contributed by atoms with Crippen LogP contribution in [-0.2, 0) is 4.79 Å². The molecule has 0 spiro atoms. The summed E-state index contributed by atoms with van der Waals surface area (Å²) in [6, 6.07) is 12.2. The molecule has 2 amide bonds. The van der Waals surface area contributed by atoms with Crippen molar-refractivity contribution in [2.45, 2.75) is 0 Å². The van der Waals surface area contributed by atoms with Crippen molar-refractivity contribution >= 4 is 62.1 Å². The van der Waals surface area contributed by atoms with Crippen LogP contribution < -0.4 is 14.9 Å². The van der Waals surface area contributed by atoms with E-state index in [-0.39, 0.29) is 4.32 Å². The Balaban J connectivity index is 1.85. The predicted octanol–water partition coefficient (Wildman–Crippen LogP) is 4.01. The first-order chi connectivity index (χ1) is 13.4. The molecule has 1 N–H and O–H groups in total. The lowest BCUT2D eigenvalue weighted by Crippen LogP contribution is -2.44. The first-order valence-electron chi connectivity index (χ1n) is 8.00. The van der Waals surface area contributed by atoms with E-state index in [0.717, 1.165) is 16.8 Å². The molecule has 0 bridgehead atoms. The van der Waals surface area contributed by atoms with Crippen LogP contribution in [0.4, 0.5) is 0 Å². The Morgan fingerprint density at radius 2 is 1.96 bits per heavy atom. The minimum Gasteiger partial charge on any atom is -0.497 e. The van der Waals surface area contributed by atoms with E-state index >= 15 is 0 Å².